The quantitative estimate of drug-likeness (QED) is 0.445. The SMILES string of the molecule is CCOC(=O)CCCc1cccc2c1O[C@H]1C[C@@H](CC(C)(C)[Si](C)(C)O)[C@H](CO)[C@@H]21. The number of carbonyl (C=O) groups excluding carboxylic acids is 1. The molecular weight excluding hydrogens is 396 g/mol. The zero-order chi connectivity index (χ0) is 22.1. The van der Waals surface area contributed by atoms with E-state index in [9.17, 15) is 14.7 Å². The lowest BCUT2D eigenvalue weighted by Gasteiger charge is -2.38. The summed E-state index contributed by atoms with van der Waals surface area (Å²) in [6, 6.07) is 6.29. The molecule has 1 aliphatic carbocycles. The molecule has 0 saturated heterocycles. The summed E-state index contributed by atoms with van der Waals surface area (Å²) in [5.74, 6) is 1.52. The number of fused-ring (bicyclic) bond motifs is 3. The highest BCUT2D eigenvalue weighted by Crippen LogP contribution is 2.57. The van der Waals surface area contributed by atoms with Crippen molar-refractivity contribution in [1.29, 1.82) is 0 Å². The number of carbonyl (C=O) groups is 1. The molecule has 168 valence electrons. The van der Waals surface area contributed by atoms with Crippen LogP contribution < -0.4 is 4.74 Å². The Kier molecular flexibility index (Phi) is 7.00. The fourth-order valence-corrected chi connectivity index (χ4v) is 5.92. The maximum absolute atomic E-state index is 11.6. The van der Waals surface area contributed by atoms with Gasteiger partial charge in [-0.1, -0.05) is 32.0 Å². The lowest BCUT2D eigenvalue weighted by atomic mass is 9.81. The van der Waals surface area contributed by atoms with E-state index in [2.05, 4.69) is 32.0 Å². The molecule has 30 heavy (non-hydrogen) atoms. The first-order chi connectivity index (χ1) is 14.1. The Morgan fingerprint density at radius 2 is 2.07 bits per heavy atom. The largest absolute Gasteiger partial charge is 0.489 e. The monoisotopic (exact) mass is 434 g/mol. The van der Waals surface area contributed by atoms with Gasteiger partial charge < -0.3 is 19.4 Å². The molecule has 5 nitrogen and oxygen atoms in total. The Labute approximate surface area is 181 Å². The zero-order valence-corrected chi connectivity index (χ0v) is 20.1. The molecule has 3 rings (SSSR count). The van der Waals surface area contributed by atoms with Gasteiger partial charge >= 0.3 is 5.97 Å². The van der Waals surface area contributed by atoms with Crippen LogP contribution in [0.3, 0.4) is 0 Å². The van der Waals surface area contributed by atoms with E-state index in [1.807, 2.05) is 20.0 Å². The maximum atomic E-state index is 11.6. The van der Waals surface area contributed by atoms with Gasteiger partial charge in [-0.15, -0.1) is 0 Å². The Bertz CT molecular complexity index is 754. The molecule has 0 bridgehead atoms. The molecule has 0 spiro atoms. The summed E-state index contributed by atoms with van der Waals surface area (Å²) in [6.07, 6.45) is 3.87. The van der Waals surface area contributed by atoms with Crippen LogP contribution in [0.5, 0.6) is 5.75 Å². The van der Waals surface area contributed by atoms with Crippen LogP contribution in [0.4, 0.5) is 0 Å². The van der Waals surface area contributed by atoms with Crippen LogP contribution in [0.1, 0.15) is 63.5 Å². The number of hydrogen-bond acceptors (Lipinski definition) is 5. The summed E-state index contributed by atoms with van der Waals surface area (Å²) in [5.41, 5.74) is 2.34. The van der Waals surface area contributed by atoms with Crippen LogP contribution in [0.2, 0.25) is 18.1 Å². The van der Waals surface area contributed by atoms with Gasteiger partial charge in [0.1, 0.15) is 11.9 Å². The lowest BCUT2D eigenvalue weighted by molar-refractivity contribution is -0.143. The van der Waals surface area contributed by atoms with Crippen molar-refractivity contribution < 1.29 is 24.2 Å². The first-order valence-corrected chi connectivity index (χ1v) is 14.3. The van der Waals surface area contributed by atoms with Crippen LogP contribution in [0.25, 0.3) is 0 Å². The molecule has 1 aromatic carbocycles. The van der Waals surface area contributed by atoms with Crippen molar-refractivity contribution in [1.82, 2.24) is 0 Å². The third-order valence-corrected chi connectivity index (χ3v) is 11.0. The first kappa shape index (κ1) is 23.3. The van der Waals surface area contributed by atoms with E-state index in [-0.39, 0.29) is 35.6 Å². The summed E-state index contributed by atoms with van der Waals surface area (Å²) in [7, 11) is -2.30. The van der Waals surface area contributed by atoms with Crippen molar-refractivity contribution in [2.24, 2.45) is 11.8 Å². The minimum Gasteiger partial charge on any atom is -0.489 e. The molecule has 0 radical (unpaired) electrons. The molecule has 4 atom stereocenters. The molecule has 1 saturated carbocycles. The minimum atomic E-state index is -2.30. The van der Waals surface area contributed by atoms with Crippen LogP contribution >= 0.6 is 0 Å². The number of benzene rings is 1. The number of para-hydroxylation sites is 1. The molecule has 1 aliphatic heterocycles. The van der Waals surface area contributed by atoms with E-state index >= 15 is 0 Å². The molecule has 1 aromatic rings. The van der Waals surface area contributed by atoms with E-state index in [1.54, 1.807) is 0 Å². The van der Waals surface area contributed by atoms with Gasteiger partial charge in [0.2, 0.25) is 0 Å². The van der Waals surface area contributed by atoms with E-state index in [0.717, 1.165) is 37.0 Å². The molecule has 0 unspecified atom stereocenters. The highest BCUT2D eigenvalue weighted by molar-refractivity contribution is 6.72. The van der Waals surface area contributed by atoms with E-state index in [1.165, 1.54) is 5.56 Å². The van der Waals surface area contributed by atoms with Crippen molar-refractivity contribution in [3.05, 3.63) is 29.3 Å². The molecule has 6 heteroatoms. The standard InChI is InChI=1S/C24H38O5Si/c1-6-28-21(26)12-8-10-16-9-7-11-18-22-19(15-25)17(13-20(22)29-23(16)18)14-24(2,3)30(4,5)27/h7,9,11,17,19-20,22,25,27H,6,8,10,12-15H2,1-5H3/t17-,19-,20-,22+/m0/s1. The van der Waals surface area contributed by atoms with Gasteiger partial charge in [-0.2, -0.15) is 0 Å². The number of aliphatic hydroxyl groups is 1. The topological polar surface area (TPSA) is 76.0 Å². The number of rotatable bonds is 9. The highest BCUT2D eigenvalue weighted by Gasteiger charge is 2.52. The zero-order valence-electron chi connectivity index (χ0n) is 19.1. The average molecular weight is 435 g/mol. The lowest BCUT2D eigenvalue weighted by Crippen LogP contribution is -2.40. The van der Waals surface area contributed by atoms with E-state index < -0.39 is 8.32 Å². The minimum absolute atomic E-state index is 0.0904. The summed E-state index contributed by atoms with van der Waals surface area (Å²) >= 11 is 0. The van der Waals surface area contributed by atoms with Crippen molar-refractivity contribution in [2.45, 2.75) is 83.0 Å². The second-order valence-electron chi connectivity index (χ2n) is 10.2. The summed E-state index contributed by atoms with van der Waals surface area (Å²) < 4.78 is 11.5. The smallest absolute Gasteiger partial charge is 0.305 e. The van der Waals surface area contributed by atoms with Gasteiger partial charge in [0, 0.05) is 24.5 Å². The predicted octanol–water partition coefficient (Wildman–Crippen LogP) is 4.41. The van der Waals surface area contributed by atoms with Crippen molar-refractivity contribution in [3.8, 4) is 5.75 Å². The average Bonchev–Trinajstić information content (AvgIpc) is 3.16. The molecule has 0 amide bonds. The Morgan fingerprint density at radius 1 is 1.33 bits per heavy atom. The molecular formula is C24H38O5Si. The maximum Gasteiger partial charge on any atom is 0.305 e. The van der Waals surface area contributed by atoms with Crippen LogP contribution in [0.15, 0.2) is 18.2 Å². The van der Waals surface area contributed by atoms with E-state index in [4.69, 9.17) is 9.47 Å². The van der Waals surface area contributed by atoms with Gasteiger partial charge in [-0.3, -0.25) is 4.79 Å². The Morgan fingerprint density at radius 3 is 2.70 bits per heavy atom. The first-order valence-electron chi connectivity index (χ1n) is 11.4. The van der Waals surface area contributed by atoms with Crippen molar-refractivity contribution in [2.75, 3.05) is 13.2 Å². The molecule has 0 aromatic heterocycles. The second kappa shape index (κ2) is 9.01. The Hall–Kier alpha value is -1.37. The normalized spacial score (nSPS) is 25.6. The number of hydrogen-bond donors (Lipinski definition) is 2. The molecule has 2 aliphatic rings. The van der Waals surface area contributed by atoms with Crippen molar-refractivity contribution >= 4 is 14.3 Å². The fourth-order valence-electron chi connectivity index (χ4n) is 5.16. The van der Waals surface area contributed by atoms with Gasteiger partial charge in [0.05, 0.1) is 6.61 Å². The van der Waals surface area contributed by atoms with Crippen LogP contribution in [-0.4, -0.2) is 43.5 Å². The third kappa shape index (κ3) is 4.60. The number of esters is 1. The van der Waals surface area contributed by atoms with Gasteiger partial charge in [0.25, 0.3) is 0 Å². The van der Waals surface area contributed by atoms with Gasteiger partial charge in [0.15, 0.2) is 8.32 Å². The molecule has 1 heterocycles. The number of ether oxygens (including phenoxy) is 2. The molecule has 1 fully saturated rings. The van der Waals surface area contributed by atoms with Crippen LogP contribution in [-0.2, 0) is 16.0 Å². The Balaban J connectivity index is 1.73. The second-order valence-corrected chi connectivity index (χ2v) is 14.6. The van der Waals surface area contributed by atoms with Gasteiger partial charge in [-0.25, -0.2) is 0 Å². The third-order valence-electron chi connectivity index (χ3n) is 7.53. The van der Waals surface area contributed by atoms with Crippen LogP contribution in [0, 0.1) is 11.8 Å². The van der Waals surface area contributed by atoms with E-state index in [0.29, 0.717) is 18.9 Å². The summed E-state index contributed by atoms with van der Waals surface area (Å²) in [6.45, 7) is 10.7. The van der Waals surface area contributed by atoms with Gasteiger partial charge in [-0.05, 0) is 68.1 Å². The summed E-state index contributed by atoms with van der Waals surface area (Å²) in [5, 5.41) is 10.2. The molecule has 2 N–H and O–H groups in total. The number of aryl methyl sites for hydroxylation is 1. The van der Waals surface area contributed by atoms with Crippen molar-refractivity contribution in [3.63, 3.8) is 0 Å². The highest BCUT2D eigenvalue weighted by atomic mass is 28.4. The predicted molar refractivity (Wildman–Crippen MR) is 120 cm³/mol. The summed E-state index contributed by atoms with van der Waals surface area (Å²) in [4.78, 5) is 22.4. The fraction of sp³-hybridized carbons (Fsp3) is 0.708. The number of aliphatic hydroxyl groups excluding tert-OH is 1.